The van der Waals surface area contributed by atoms with Gasteiger partial charge in [-0.3, -0.25) is 4.79 Å². The van der Waals surface area contributed by atoms with E-state index >= 15 is 0 Å². The number of phenolic OH excluding ortho intramolecular Hbond substituents is 1. The van der Waals surface area contributed by atoms with Gasteiger partial charge in [-0.2, -0.15) is 0 Å². The smallest absolute Gasteiger partial charge is 0.321 e. The first-order valence-corrected chi connectivity index (χ1v) is 4.44. The Morgan fingerprint density at radius 3 is 2.93 bits per heavy atom. The molecule has 0 radical (unpaired) electrons. The van der Waals surface area contributed by atoms with Crippen LogP contribution >= 0.6 is 0 Å². The standard InChI is InChI=1S/C10H11NO3/c12-8-2-1-6-4-9(10(13)14)11-5-7(6)3-8/h1-3,9,11-12H,4-5H2,(H,13,14). The molecule has 0 amide bonds. The van der Waals surface area contributed by atoms with Crippen molar-refractivity contribution in [1.29, 1.82) is 0 Å². The molecule has 1 aromatic rings. The van der Waals surface area contributed by atoms with Crippen LogP contribution in [0.5, 0.6) is 5.75 Å². The minimum Gasteiger partial charge on any atom is -0.508 e. The lowest BCUT2D eigenvalue weighted by molar-refractivity contribution is -0.139. The van der Waals surface area contributed by atoms with Gasteiger partial charge in [0, 0.05) is 6.54 Å². The molecule has 4 heteroatoms. The van der Waals surface area contributed by atoms with Crippen LogP contribution in [-0.4, -0.2) is 22.2 Å². The van der Waals surface area contributed by atoms with Gasteiger partial charge in [0.25, 0.3) is 0 Å². The highest BCUT2D eigenvalue weighted by molar-refractivity contribution is 5.74. The normalized spacial score (nSPS) is 20.1. The summed E-state index contributed by atoms with van der Waals surface area (Å²) in [5.74, 6) is -0.608. The molecule has 74 valence electrons. The van der Waals surface area contributed by atoms with Gasteiger partial charge in [0.05, 0.1) is 0 Å². The van der Waals surface area contributed by atoms with Crippen LogP contribution in [0.3, 0.4) is 0 Å². The van der Waals surface area contributed by atoms with Crippen LogP contribution in [0, 0.1) is 0 Å². The fourth-order valence-corrected chi connectivity index (χ4v) is 1.68. The first kappa shape index (κ1) is 9.02. The molecule has 0 bridgehead atoms. The second-order valence-corrected chi connectivity index (χ2v) is 3.43. The molecule has 1 unspecified atom stereocenters. The van der Waals surface area contributed by atoms with Crippen LogP contribution in [0.25, 0.3) is 0 Å². The molecule has 0 aromatic heterocycles. The molecule has 3 N–H and O–H groups in total. The molecule has 0 spiro atoms. The van der Waals surface area contributed by atoms with Gasteiger partial charge in [-0.1, -0.05) is 6.07 Å². The number of aromatic hydroxyl groups is 1. The Hall–Kier alpha value is -1.55. The van der Waals surface area contributed by atoms with E-state index in [1.807, 2.05) is 0 Å². The van der Waals surface area contributed by atoms with Crippen molar-refractivity contribution in [3.05, 3.63) is 29.3 Å². The fourth-order valence-electron chi connectivity index (χ4n) is 1.68. The van der Waals surface area contributed by atoms with Gasteiger partial charge >= 0.3 is 5.97 Å². The molecule has 0 saturated carbocycles. The molecule has 1 aromatic carbocycles. The Bertz CT molecular complexity index is 376. The van der Waals surface area contributed by atoms with E-state index in [0.29, 0.717) is 13.0 Å². The van der Waals surface area contributed by atoms with E-state index in [2.05, 4.69) is 5.32 Å². The summed E-state index contributed by atoms with van der Waals surface area (Å²) in [4.78, 5) is 10.7. The van der Waals surface area contributed by atoms with Gasteiger partial charge in [0.1, 0.15) is 11.8 Å². The molecule has 0 aliphatic carbocycles. The van der Waals surface area contributed by atoms with Gasteiger partial charge in [-0.05, 0) is 29.7 Å². The number of hydrogen-bond acceptors (Lipinski definition) is 3. The predicted octanol–water partition coefficient (Wildman–Crippen LogP) is 0.491. The van der Waals surface area contributed by atoms with Crippen molar-refractivity contribution >= 4 is 5.97 Å². The number of hydrogen-bond donors (Lipinski definition) is 3. The lowest BCUT2D eigenvalue weighted by atomic mass is 9.96. The van der Waals surface area contributed by atoms with Crippen molar-refractivity contribution in [1.82, 2.24) is 5.32 Å². The number of phenols is 1. The Balaban J connectivity index is 2.27. The second kappa shape index (κ2) is 3.31. The Kier molecular flexibility index (Phi) is 2.13. The minimum atomic E-state index is -0.830. The summed E-state index contributed by atoms with van der Waals surface area (Å²) in [7, 11) is 0. The Morgan fingerprint density at radius 2 is 2.21 bits per heavy atom. The molecule has 2 rings (SSSR count). The van der Waals surface area contributed by atoms with E-state index in [-0.39, 0.29) is 5.75 Å². The third-order valence-corrected chi connectivity index (χ3v) is 2.45. The first-order chi connectivity index (χ1) is 6.66. The fraction of sp³-hybridized carbons (Fsp3) is 0.300. The number of fused-ring (bicyclic) bond motifs is 1. The molecule has 1 aliphatic heterocycles. The van der Waals surface area contributed by atoms with Crippen molar-refractivity contribution in [2.45, 2.75) is 19.0 Å². The van der Waals surface area contributed by atoms with Crippen molar-refractivity contribution in [3.8, 4) is 5.75 Å². The molecule has 0 fully saturated rings. The molecule has 0 saturated heterocycles. The lowest BCUT2D eigenvalue weighted by Gasteiger charge is -2.22. The van der Waals surface area contributed by atoms with Crippen molar-refractivity contribution in [2.24, 2.45) is 0 Å². The van der Waals surface area contributed by atoms with Crippen LogP contribution in [0.1, 0.15) is 11.1 Å². The summed E-state index contributed by atoms with van der Waals surface area (Å²) >= 11 is 0. The van der Waals surface area contributed by atoms with Crippen LogP contribution in [0.15, 0.2) is 18.2 Å². The number of carboxylic acids is 1. The Morgan fingerprint density at radius 1 is 1.43 bits per heavy atom. The lowest BCUT2D eigenvalue weighted by Crippen LogP contribution is -2.41. The van der Waals surface area contributed by atoms with Gasteiger partial charge in [-0.15, -0.1) is 0 Å². The van der Waals surface area contributed by atoms with E-state index in [1.165, 1.54) is 0 Å². The van der Waals surface area contributed by atoms with Crippen LogP contribution < -0.4 is 5.32 Å². The van der Waals surface area contributed by atoms with E-state index in [1.54, 1.807) is 18.2 Å². The van der Waals surface area contributed by atoms with Gasteiger partial charge in [0.15, 0.2) is 0 Å². The van der Waals surface area contributed by atoms with E-state index in [0.717, 1.165) is 11.1 Å². The first-order valence-electron chi connectivity index (χ1n) is 4.44. The number of nitrogens with one attached hydrogen (secondary N) is 1. The largest absolute Gasteiger partial charge is 0.508 e. The van der Waals surface area contributed by atoms with Crippen LogP contribution in [0.4, 0.5) is 0 Å². The van der Waals surface area contributed by atoms with Crippen molar-refractivity contribution < 1.29 is 15.0 Å². The van der Waals surface area contributed by atoms with Crippen molar-refractivity contribution in [2.75, 3.05) is 0 Å². The van der Waals surface area contributed by atoms with E-state index in [9.17, 15) is 9.90 Å². The maximum atomic E-state index is 10.7. The number of rotatable bonds is 1. The SMILES string of the molecule is O=C(O)C1Cc2ccc(O)cc2CN1. The third-order valence-electron chi connectivity index (χ3n) is 2.45. The van der Waals surface area contributed by atoms with Crippen molar-refractivity contribution in [3.63, 3.8) is 0 Å². The maximum Gasteiger partial charge on any atom is 0.321 e. The van der Waals surface area contributed by atoms with Crippen LogP contribution in [0.2, 0.25) is 0 Å². The third kappa shape index (κ3) is 1.56. The molecular weight excluding hydrogens is 182 g/mol. The average molecular weight is 193 g/mol. The summed E-state index contributed by atoms with van der Waals surface area (Å²) in [6.07, 6.45) is 0.477. The van der Waals surface area contributed by atoms with Gasteiger partial charge in [0.2, 0.25) is 0 Å². The molecule has 1 heterocycles. The zero-order valence-corrected chi connectivity index (χ0v) is 7.53. The average Bonchev–Trinajstić information content (AvgIpc) is 2.16. The van der Waals surface area contributed by atoms with Crippen LogP contribution in [-0.2, 0) is 17.8 Å². The number of benzene rings is 1. The summed E-state index contributed by atoms with van der Waals surface area (Å²) in [6, 6.07) is 4.53. The monoisotopic (exact) mass is 193 g/mol. The van der Waals surface area contributed by atoms with Gasteiger partial charge in [-0.25, -0.2) is 0 Å². The highest BCUT2D eigenvalue weighted by Crippen LogP contribution is 2.21. The summed E-state index contributed by atoms with van der Waals surface area (Å²) in [5, 5.41) is 20.9. The quantitative estimate of drug-likeness (QED) is 0.607. The number of carboxylic acid groups (broad SMARTS) is 1. The number of carbonyl (C=O) groups is 1. The number of aliphatic carboxylic acids is 1. The molecule has 4 nitrogen and oxygen atoms in total. The summed E-state index contributed by atoms with van der Waals surface area (Å²) in [6.45, 7) is 0.501. The van der Waals surface area contributed by atoms with E-state index in [4.69, 9.17) is 5.11 Å². The highest BCUT2D eigenvalue weighted by atomic mass is 16.4. The van der Waals surface area contributed by atoms with E-state index < -0.39 is 12.0 Å². The summed E-state index contributed by atoms with van der Waals surface area (Å²) < 4.78 is 0. The molecule has 1 aliphatic rings. The maximum absolute atomic E-state index is 10.7. The highest BCUT2D eigenvalue weighted by Gasteiger charge is 2.23. The molecular formula is C10H11NO3. The minimum absolute atomic E-state index is 0.222. The molecule has 14 heavy (non-hydrogen) atoms. The predicted molar refractivity (Wildman–Crippen MR) is 50.1 cm³/mol. The zero-order valence-electron chi connectivity index (χ0n) is 7.53. The second-order valence-electron chi connectivity index (χ2n) is 3.43. The van der Waals surface area contributed by atoms with Gasteiger partial charge < -0.3 is 15.5 Å². The zero-order chi connectivity index (χ0) is 10.1. The topological polar surface area (TPSA) is 69.6 Å². The summed E-state index contributed by atoms with van der Waals surface area (Å²) in [5.41, 5.74) is 1.97. The molecule has 1 atom stereocenters. The Labute approximate surface area is 81.2 Å².